The van der Waals surface area contributed by atoms with Crippen molar-refractivity contribution in [1.82, 2.24) is 14.0 Å². The van der Waals surface area contributed by atoms with E-state index in [2.05, 4.69) is 0 Å². The Hall–Kier alpha value is -3.22. The predicted molar refractivity (Wildman–Crippen MR) is 115 cm³/mol. The minimum atomic E-state index is -0.219. The molecule has 0 fully saturated rings. The lowest BCUT2D eigenvalue weighted by Gasteiger charge is -2.29. The van der Waals surface area contributed by atoms with Crippen molar-refractivity contribution >= 4 is 16.9 Å². The van der Waals surface area contributed by atoms with E-state index in [0.717, 1.165) is 23.2 Å². The second-order valence-electron chi connectivity index (χ2n) is 7.60. The van der Waals surface area contributed by atoms with Crippen molar-refractivity contribution in [3.05, 3.63) is 59.0 Å². The molecule has 0 bridgehead atoms. The minimum Gasteiger partial charge on any atom is -0.486 e. The second kappa shape index (κ2) is 8.65. The molecule has 0 radical (unpaired) electrons. The molecular formula is C23H27N3O4. The predicted octanol–water partition coefficient (Wildman–Crippen LogP) is 2.90. The molecule has 0 spiro atoms. The number of nitrogens with zero attached hydrogens (tertiary/aromatic N) is 3. The number of hydrogen-bond donors (Lipinski definition) is 0. The highest BCUT2D eigenvalue weighted by atomic mass is 16.6. The fourth-order valence-corrected chi connectivity index (χ4v) is 3.89. The Bertz CT molecular complexity index is 1100. The number of aromatic nitrogens is 2. The first-order valence-corrected chi connectivity index (χ1v) is 10.4. The SMILES string of the molecule is CCCn1c(=O)n(CCC(=O)N(C)C[C@H]2COc3ccccc3O2)c2ccccc21. The smallest absolute Gasteiger partial charge is 0.329 e. The molecule has 2 heterocycles. The summed E-state index contributed by atoms with van der Waals surface area (Å²) in [5.41, 5.74) is 1.72. The number of hydrogen-bond acceptors (Lipinski definition) is 4. The van der Waals surface area contributed by atoms with Gasteiger partial charge >= 0.3 is 5.69 Å². The fraction of sp³-hybridized carbons (Fsp3) is 0.391. The summed E-state index contributed by atoms with van der Waals surface area (Å²) in [5, 5.41) is 0. The van der Waals surface area contributed by atoms with Crippen LogP contribution in [0.5, 0.6) is 11.5 Å². The van der Waals surface area contributed by atoms with Gasteiger partial charge in [-0.05, 0) is 30.7 Å². The zero-order chi connectivity index (χ0) is 21.1. The number of carbonyl (C=O) groups is 1. The molecule has 0 unspecified atom stereocenters. The van der Waals surface area contributed by atoms with E-state index in [-0.39, 0.29) is 24.1 Å². The van der Waals surface area contributed by atoms with Gasteiger partial charge in [-0.3, -0.25) is 13.9 Å². The molecule has 30 heavy (non-hydrogen) atoms. The average Bonchev–Trinajstić information content (AvgIpc) is 3.03. The molecule has 7 heteroatoms. The summed E-state index contributed by atoms with van der Waals surface area (Å²) in [6.07, 6.45) is 0.908. The van der Waals surface area contributed by atoms with Gasteiger partial charge in [-0.1, -0.05) is 31.2 Å². The van der Waals surface area contributed by atoms with Crippen LogP contribution in [-0.2, 0) is 17.9 Å². The zero-order valence-corrected chi connectivity index (χ0v) is 17.4. The summed E-state index contributed by atoms with van der Waals surface area (Å²) in [6.45, 7) is 3.90. The van der Waals surface area contributed by atoms with Crippen molar-refractivity contribution in [2.45, 2.75) is 39.0 Å². The van der Waals surface area contributed by atoms with Gasteiger partial charge in [-0.2, -0.15) is 0 Å². The summed E-state index contributed by atoms with van der Waals surface area (Å²) in [6, 6.07) is 15.3. The van der Waals surface area contributed by atoms with Crippen molar-refractivity contribution in [2.24, 2.45) is 0 Å². The second-order valence-corrected chi connectivity index (χ2v) is 7.60. The lowest BCUT2D eigenvalue weighted by molar-refractivity contribution is -0.131. The van der Waals surface area contributed by atoms with E-state index in [1.165, 1.54) is 0 Å². The fourth-order valence-electron chi connectivity index (χ4n) is 3.89. The van der Waals surface area contributed by atoms with E-state index in [0.29, 0.717) is 32.0 Å². The van der Waals surface area contributed by atoms with Crippen LogP contribution in [0.2, 0.25) is 0 Å². The molecule has 0 saturated carbocycles. The van der Waals surface area contributed by atoms with Gasteiger partial charge in [0.05, 0.1) is 17.6 Å². The Kier molecular flexibility index (Phi) is 5.79. The lowest BCUT2D eigenvalue weighted by Crippen LogP contribution is -2.42. The minimum absolute atomic E-state index is 0.0309. The molecule has 1 atom stereocenters. The Labute approximate surface area is 175 Å². The molecule has 0 aliphatic carbocycles. The van der Waals surface area contributed by atoms with Gasteiger partial charge in [0.2, 0.25) is 5.91 Å². The Morgan fingerprint density at radius 1 is 1.03 bits per heavy atom. The maximum absolute atomic E-state index is 12.9. The number of fused-ring (bicyclic) bond motifs is 2. The molecule has 1 amide bonds. The number of amides is 1. The third-order valence-electron chi connectivity index (χ3n) is 5.39. The van der Waals surface area contributed by atoms with Crippen LogP contribution in [0.25, 0.3) is 11.0 Å². The summed E-state index contributed by atoms with van der Waals surface area (Å²) < 4.78 is 15.2. The average molecular weight is 409 g/mol. The molecule has 3 aromatic rings. The van der Waals surface area contributed by atoms with E-state index in [9.17, 15) is 9.59 Å². The first-order chi connectivity index (χ1) is 14.6. The van der Waals surface area contributed by atoms with Gasteiger partial charge in [0, 0.05) is 26.6 Å². The van der Waals surface area contributed by atoms with Gasteiger partial charge in [-0.25, -0.2) is 4.79 Å². The number of para-hydroxylation sites is 4. The lowest BCUT2D eigenvalue weighted by atomic mass is 10.2. The number of benzene rings is 2. The molecule has 0 N–H and O–H groups in total. The largest absolute Gasteiger partial charge is 0.486 e. The molecule has 0 saturated heterocycles. The molecule has 4 rings (SSSR count). The van der Waals surface area contributed by atoms with Crippen LogP contribution in [0, 0.1) is 0 Å². The molecular weight excluding hydrogens is 382 g/mol. The van der Waals surface area contributed by atoms with Crippen LogP contribution in [0.15, 0.2) is 53.3 Å². The maximum Gasteiger partial charge on any atom is 0.329 e. The Balaban J connectivity index is 1.40. The van der Waals surface area contributed by atoms with E-state index in [1.807, 2.05) is 55.5 Å². The standard InChI is InChI=1S/C23H27N3O4/c1-3-13-25-18-8-4-5-9-19(18)26(23(25)28)14-12-22(27)24(2)15-17-16-29-20-10-6-7-11-21(20)30-17/h4-11,17H,3,12-16H2,1-2H3/t17-/m0/s1. The third-order valence-corrected chi connectivity index (χ3v) is 5.39. The topological polar surface area (TPSA) is 65.7 Å². The normalized spacial score (nSPS) is 15.3. The van der Waals surface area contributed by atoms with E-state index >= 15 is 0 Å². The highest BCUT2D eigenvalue weighted by Crippen LogP contribution is 2.31. The molecule has 1 aliphatic rings. The van der Waals surface area contributed by atoms with Crippen LogP contribution in [-0.4, -0.2) is 46.2 Å². The van der Waals surface area contributed by atoms with Crippen molar-refractivity contribution in [3.8, 4) is 11.5 Å². The number of aryl methyl sites for hydroxylation is 2. The number of likely N-dealkylation sites (N-methyl/N-ethyl adjacent to an activating group) is 1. The number of rotatable bonds is 7. The zero-order valence-electron chi connectivity index (χ0n) is 17.4. The third kappa shape index (κ3) is 3.92. The van der Waals surface area contributed by atoms with Gasteiger partial charge in [0.1, 0.15) is 6.61 Å². The van der Waals surface area contributed by atoms with E-state index in [1.54, 1.807) is 21.1 Å². The quantitative estimate of drug-likeness (QED) is 0.602. The summed E-state index contributed by atoms with van der Waals surface area (Å²) in [5.74, 6) is 1.40. The number of carbonyl (C=O) groups excluding carboxylic acids is 1. The molecule has 1 aromatic heterocycles. The van der Waals surface area contributed by atoms with Crippen molar-refractivity contribution in [1.29, 1.82) is 0 Å². The monoisotopic (exact) mass is 409 g/mol. The highest BCUT2D eigenvalue weighted by molar-refractivity contribution is 5.78. The van der Waals surface area contributed by atoms with Crippen LogP contribution >= 0.6 is 0 Å². The van der Waals surface area contributed by atoms with Crippen LogP contribution in [0.3, 0.4) is 0 Å². The Morgan fingerprint density at radius 3 is 2.37 bits per heavy atom. The molecule has 7 nitrogen and oxygen atoms in total. The van der Waals surface area contributed by atoms with Gasteiger partial charge in [0.25, 0.3) is 0 Å². The first-order valence-electron chi connectivity index (χ1n) is 10.4. The van der Waals surface area contributed by atoms with Crippen LogP contribution in [0.4, 0.5) is 0 Å². The van der Waals surface area contributed by atoms with Gasteiger partial charge in [-0.15, -0.1) is 0 Å². The van der Waals surface area contributed by atoms with E-state index < -0.39 is 0 Å². The van der Waals surface area contributed by atoms with Crippen molar-refractivity contribution in [2.75, 3.05) is 20.2 Å². The first kappa shape index (κ1) is 20.1. The molecule has 158 valence electrons. The summed E-state index contributed by atoms with van der Waals surface area (Å²) >= 11 is 0. The Morgan fingerprint density at radius 2 is 1.67 bits per heavy atom. The van der Waals surface area contributed by atoms with Gasteiger partial charge < -0.3 is 14.4 Å². The molecule has 2 aromatic carbocycles. The van der Waals surface area contributed by atoms with Crippen molar-refractivity contribution < 1.29 is 14.3 Å². The van der Waals surface area contributed by atoms with Gasteiger partial charge in [0.15, 0.2) is 17.6 Å². The molecule has 1 aliphatic heterocycles. The number of ether oxygens (including phenoxy) is 2. The summed E-state index contributed by atoms with van der Waals surface area (Å²) in [7, 11) is 1.76. The number of imidazole rings is 1. The van der Waals surface area contributed by atoms with Crippen LogP contribution in [0.1, 0.15) is 19.8 Å². The summed E-state index contributed by atoms with van der Waals surface area (Å²) in [4.78, 5) is 27.2. The maximum atomic E-state index is 12.9. The van der Waals surface area contributed by atoms with Crippen molar-refractivity contribution in [3.63, 3.8) is 0 Å². The highest BCUT2D eigenvalue weighted by Gasteiger charge is 2.24. The van der Waals surface area contributed by atoms with E-state index in [4.69, 9.17) is 9.47 Å². The van der Waals surface area contributed by atoms with Crippen LogP contribution < -0.4 is 15.2 Å².